The number of pyridine rings is 1. The molecule has 0 aromatic carbocycles. The van der Waals surface area contributed by atoms with E-state index in [1.54, 1.807) is 0 Å². The van der Waals surface area contributed by atoms with Gasteiger partial charge in [0.2, 0.25) is 5.95 Å². The Morgan fingerprint density at radius 2 is 1.93 bits per heavy atom. The van der Waals surface area contributed by atoms with Gasteiger partial charge in [0.25, 0.3) is 0 Å². The quantitative estimate of drug-likeness (QED) is 0.691. The van der Waals surface area contributed by atoms with Crippen molar-refractivity contribution in [2.45, 2.75) is 38.6 Å². The summed E-state index contributed by atoms with van der Waals surface area (Å²) in [5.74, 6) is 1.22. The van der Waals surface area contributed by atoms with Crippen LogP contribution in [0.25, 0.3) is 11.0 Å². The molecule has 2 fully saturated rings. The van der Waals surface area contributed by atoms with Crippen LogP contribution in [0.1, 0.15) is 43.0 Å². The number of hydrogen-bond donors (Lipinski definition) is 2. The Labute approximate surface area is 176 Å². The standard InChI is InChI=1S/C22H26N8/c1-15-18-14-26-22(28-21(18)30(19(15)12-23)16-4-2-3-5-16)27-20-7-6-17(13-25-20)29-10-8-24-9-11-29/h6-7,13-14,16,24H,2-5,8-11H2,1H3,(H,25,26,27,28). The highest BCUT2D eigenvalue weighted by molar-refractivity contribution is 5.83. The zero-order chi connectivity index (χ0) is 20.5. The predicted octanol–water partition coefficient (Wildman–Crippen LogP) is 3.27. The van der Waals surface area contributed by atoms with Crippen LogP contribution >= 0.6 is 0 Å². The summed E-state index contributed by atoms with van der Waals surface area (Å²) in [6.45, 7) is 5.97. The van der Waals surface area contributed by atoms with Crippen LogP contribution in [0, 0.1) is 18.3 Å². The van der Waals surface area contributed by atoms with Crippen LogP contribution < -0.4 is 15.5 Å². The summed E-state index contributed by atoms with van der Waals surface area (Å²) in [5, 5.41) is 17.3. The van der Waals surface area contributed by atoms with Crippen molar-refractivity contribution in [2.75, 3.05) is 36.4 Å². The summed E-state index contributed by atoms with van der Waals surface area (Å²) in [4.78, 5) is 16.2. The number of piperazine rings is 1. The number of nitrogens with zero attached hydrogens (tertiary/aromatic N) is 6. The molecule has 1 saturated carbocycles. The van der Waals surface area contributed by atoms with Gasteiger partial charge in [-0.3, -0.25) is 0 Å². The van der Waals surface area contributed by atoms with E-state index in [-0.39, 0.29) is 0 Å². The fraction of sp³-hybridized carbons (Fsp3) is 0.455. The zero-order valence-electron chi connectivity index (χ0n) is 17.2. The fourth-order valence-corrected chi connectivity index (χ4v) is 4.64. The van der Waals surface area contributed by atoms with E-state index in [9.17, 15) is 5.26 Å². The van der Waals surface area contributed by atoms with E-state index in [1.165, 1.54) is 12.8 Å². The first-order valence-corrected chi connectivity index (χ1v) is 10.7. The van der Waals surface area contributed by atoms with Gasteiger partial charge in [0.1, 0.15) is 23.2 Å². The smallest absolute Gasteiger partial charge is 0.230 e. The number of aromatic nitrogens is 4. The lowest BCUT2D eigenvalue weighted by Gasteiger charge is -2.29. The molecule has 3 aromatic rings. The van der Waals surface area contributed by atoms with Gasteiger partial charge in [-0.1, -0.05) is 12.8 Å². The molecule has 0 amide bonds. The minimum Gasteiger partial charge on any atom is -0.368 e. The molecule has 2 aliphatic rings. The minimum absolute atomic E-state index is 0.343. The average molecular weight is 403 g/mol. The molecule has 1 aliphatic heterocycles. The normalized spacial score (nSPS) is 17.4. The Bertz CT molecular complexity index is 1080. The Balaban J connectivity index is 1.43. The summed E-state index contributed by atoms with van der Waals surface area (Å²) < 4.78 is 2.13. The van der Waals surface area contributed by atoms with Gasteiger partial charge in [-0.15, -0.1) is 0 Å². The van der Waals surface area contributed by atoms with E-state index < -0.39 is 0 Å². The van der Waals surface area contributed by atoms with Crippen LogP contribution in [0.15, 0.2) is 24.5 Å². The second kappa shape index (κ2) is 7.92. The van der Waals surface area contributed by atoms with Gasteiger partial charge in [0.15, 0.2) is 0 Å². The second-order valence-electron chi connectivity index (χ2n) is 8.09. The van der Waals surface area contributed by atoms with E-state index in [4.69, 9.17) is 4.98 Å². The summed E-state index contributed by atoms with van der Waals surface area (Å²) in [6, 6.07) is 6.78. The van der Waals surface area contributed by atoms with Crippen molar-refractivity contribution in [1.29, 1.82) is 5.26 Å². The maximum absolute atomic E-state index is 9.75. The Kier molecular flexibility index (Phi) is 4.97. The number of fused-ring (bicyclic) bond motifs is 1. The molecule has 3 aromatic heterocycles. The van der Waals surface area contributed by atoms with Gasteiger partial charge < -0.3 is 20.1 Å². The van der Waals surface area contributed by atoms with E-state index in [2.05, 4.69) is 42.2 Å². The van der Waals surface area contributed by atoms with E-state index >= 15 is 0 Å². The highest BCUT2D eigenvalue weighted by atomic mass is 15.2. The lowest BCUT2D eigenvalue weighted by Crippen LogP contribution is -2.43. The molecule has 8 heteroatoms. The van der Waals surface area contributed by atoms with Gasteiger partial charge in [-0.25, -0.2) is 9.97 Å². The molecule has 0 radical (unpaired) electrons. The monoisotopic (exact) mass is 402 g/mol. The van der Waals surface area contributed by atoms with Gasteiger partial charge in [-0.2, -0.15) is 10.2 Å². The molecule has 0 bridgehead atoms. The number of nitriles is 1. The highest BCUT2D eigenvalue weighted by Gasteiger charge is 2.25. The number of rotatable bonds is 4. The lowest BCUT2D eigenvalue weighted by atomic mass is 10.2. The molecule has 5 rings (SSSR count). The second-order valence-corrected chi connectivity index (χ2v) is 8.09. The first-order valence-electron chi connectivity index (χ1n) is 10.7. The van der Waals surface area contributed by atoms with Crippen LogP contribution in [0.3, 0.4) is 0 Å². The Hall–Kier alpha value is -3.18. The summed E-state index contributed by atoms with van der Waals surface area (Å²) in [6.07, 6.45) is 8.31. The van der Waals surface area contributed by atoms with E-state index in [1.807, 2.05) is 25.4 Å². The number of anilines is 3. The molecule has 1 saturated heterocycles. The van der Waals surface area contributed by atoms with Crippen molar-refractivity contribution in [3.63, 3.8) is 0 Å². The Morgan fingerprint density at radius 3 is 2.63 bits per heavy atom. The van der Waals surface area contributed by atoms with Crippen molar-refractivity contribution in [3.8, 4) is 6.07 Å². The molecule has 0 atom stereocenters. The topological polar surface area (TPSA) is 94.7 Å². The van der Waals surface area contributed by atoms with Crippen LogP contribution in [0.5, 0.6) is 0 Å². The van der Waals surface area contributed by atoms with Crippen molar-refractivity contribution in [2.24, 2.45) is 0 Å². The largest absolute Gasteiger partial charge is 0.368 e. The first kappa shape index (κ1) is 18.8. The molecular formula is C22H26N8. The average Bonchev–Trinajstić information content (AvgIpc) is 3.41. The van der Waals surface area contributed by atoms with Crippen LogP contribution in [-0.4, -0.2) is 45.7 Å². The van der Waals surface area contributed by atoms with E-state index in [0.717, 1.165) is 61.3 Å². The van der Waals surface area contributed by atoms with Crippen molar-refractivity contribution in [3.05, 3.63) is 35.8 Å². The summed E-state index contributed by atoms with van der Waals surface area (Å²) in [7, 11) is 0. The molecule has 8 nitrogen and oxygen atoms in total. The van der Waals surface area contributed by atoms with Gasteiger partial charge in [0, 0.05) is 43.8 Å². The number of hydrogen-bond acceptors (Lipinski definition) is 7. The molecular weight excluding hydrogens is 376 g/mol. The number of aryl methyl sites for hydroxylation is 1. The molecule has 1 aliphatic carbocycles. The maximum Gasteiger partial charge on any atom is 0.230 e. The summed E-state index contributed by atoms with van der Waals surface area (Å²) in [5.41, 5.74) is 3.64. The molecule has 0 spiro atoms. The molecule has 2 N–H and O–H groups in total. The van der Waals surface area contributed by atoms with Crippen LogP contribution in [0.2, 0.25) is 0 Å². The molecule has 4 heterocycles. The third kappa shape index (κ3) is 3.35. The third-order valence-corrected chi connectivity index (χ3v) is 6.26. The van der Waals surface area contributed by atoms with Crippen molar-refractivity contribution in [1.82, 2.24) is 24.8 Å². The van der Waals surface area contributed by atoms with E-state index in [0.29, 0.717) is 23.5 Å². The van der Waals surface area contributed by atoms with Gasteiger partial charge in [0.05, 0.1) is 11.9 Å². The fourth-order valence-electron chi connectivity index (χ4n) is 4.64. The molecule has 0 unspecified atom stereocenters. The molecule has 30 heavy (non-hydrogen) atoms. The third-order valence-electron chi connectivity index (χ3n) is 6.26. The Morgan fingerprint density at radius 1 is 1.13 bits per heavy atom. The van der Waals surface area contributed by atoms with Crippen molar-refractivity contribution < 1.29 is 0 Å². The molecule has 154 valence electrons. The lowest BCUT2D eigenvalue weighted by molar-refractivity contribution is 0.527. The first-order chi connectivity index (χ1) is 14.7. The zero-order valence-corrected chi connectivity index (χ0v) is 17.2. The number of nitrogens with one attached hydrogen (secondary N) is 2. The predicted molar refractivity (Wildman–Crippen MR) is 117 cm³/mol. The minimum atomic E-state index is 0.343. The van der Waals surface area contributed by atoms with Gasteiger partial charge >= 0.3 is 0 Å². The van der Waals surface area contributed by atoms with Crippen LogP contribution in [-0.2, 0) is 0 Å². The maximum atomic E-state index is 9.75. The van der Waals surface area contributed by atoms with Crippen molar-refractivity contribution >= 4 is 28.5 Å². The van der Waals surface area contributed by atoms with Gasteiger partial charge in [-0.05, 0) is 37.5 Å². The van der Waals surface area contributed by atoms with Crippen LogP contribution in [0.4, 0.5) is 17.5 Å². The summed E-state index contributed by atoms with van der Waals surface area (Å²) >= 11 is 0. The SMILES string of the molecule is Cc1c(C#N)n(C2CCCC2)c2nc(Nc3ccc(N4CCNCC4)cn3)ncc12. The highest BCUT2D eigenvalue weighted by Crippen LogP contribution is 2.36.